The summed E-state index contributed by atoms with van der Waals surface area (Å²) in [5, 5.41) is 9.07. The number of rotatable bonds is 2. The van der Waals surface area contributed by atoms with Gasteiger partial charge in [-0.2, -0.15) is 0 Å². The van der Waals surface area contributed by atoms with E-state index < -0.39 is 23.8 Å². The van der Waals surface area contributed by atoms with E-state index in [1.165, 1.54) is 7.11 Å². The third-order valence-electron chi connectivity index (χ3n) is 2.88. The SMILES string of the molecule is COC(=O)[C@@H]1CC(C)=C[C@H](C)[C@H]1C(=O)O. The summed E-state index contributed by atoms with van der Waals surface area (Å²) in [5.41, 5.74) is 1.05. The van der Waals surface area contributed by atoms with Gasteiger partial charge in [-0.3, -0.25) is 9.59 Å². The fourth-order valence-corrected chi connectivity index (χ4v) is 2.24. The van der Waals surface area contributed by atoms with E-state index in [0.717, 1.165) is 5.57 Å². The molecule has 0 radical (unpaired) electrons. The van der Waals surface area contributed by atoms with Crippen molar-refractivity contribution in [1.82, 2.24) is 0 Å². The van der Waals surface area contributed by atoms with Gasteiger partial charge in [-0.25, -0.2) is 0 Å². The zero-order valence-electron chi connectivity index (χ0n) is 9.19. The van der Waals surface area contributed by atoms with Crippen LogP contribution in [0.3, 0.4) is 0 Å². The molecule has 0 spiro atoms. The van der Waals surface area contributed by atoms with Gasteiger partial charge in [0.15, 0.2) is 0 Å². The molecule has 3 atom stereocenters. The van der Waals surface area contributed by atoms with Crippen LogP contribution in [-0.4, -0.2) is 24.2 Å². The van der Waals surface area contributed by atoms with Crippen molar-refractivity contribution in [2.75, 3.05) is 7.11 Å². The minimum Gasteiger partial charge on any atom is -0.481 e. The zero-order chi connectivity index (χ0) is 11.6. The van der Waals surface area contributed by atoms with Gasteiger partial charge >= 0.3 is 11.9 Å². The monoisotopic (exact) mass is 212 g/mol. The number of hydrogen-bond donors (Lipinski definition) is 1. The maximum atomic E-state index is 11.5. The van der Waals surface area contributed by atoms with E-state index in [0.29, 0.717) is 6.42 Å². The van der Waals surface area contributed by atoms with Crippen LogP contribution in [0.15, 0.2) is 11.6 Å². The minimum absolute atomic E-state index is 0.125. The Morgan fingerprint density at radius 2 is 2.13 bits per heavy atom. The van der Waals surface area contributed by atoms with E-state index in [2.05, 4.69) is 4.74 Å². The third kappa shape index (κ3) is 2.37. The molecule has 1 rings (SSSR count). The zero-order valence-corrected chi connectivity index (χ0v) is 9.19. The van der Waals surface area contributed by atoms with Crippen molar-refractivity contribution in [1.29, 1.82) is 0 Å². The highest BCUT2D eigenvalue weighted by atomic mass is 16.5. The molecule has 15 heavy (non-hydrogen) atoms. The summed E-state index contributed by atoms with van der Waals surface area (Å²) in [6.07, 6.45) is 2.40. The van der Waals surface area contributed by atoms with Gasteiger partial charge in [-0.1, -0.05) is 18.6 Å². The lowest BCUT2D eigenvalue weighted by molar-refractivity contribution is -0.157. The Hall–Kier alpha value is -1.32. The van der Waals surface area contributed by atoms with Gasteiger partial charge in [0, 0.05) is 0 Å². The molecule has 0 aromatic rings. The van der Waals surface area contributed by atoms with E-state index in [9.17, 15) is 9.59 Å². The summed E-state index contributed by atoms with van der Waals surface area (Å²) in [6, 6.07) is 0. The number of aliphatic carboxylic acids is 1. The molecule has 0 aliphatic heterocycles. The second-order valence-corrected chi connectivity index (χ2v) is 4.07. The lowest BCUT2D eigenvalue weighted by atomic mass is 9.74. The highest BCUT2D eigenvalue weighted by Gasteiger charge is 2.40. The van der Waals surface area contributed by atoms with Gasteiger partial charge in [-0.15, -0.1) is 0 Å². The normalized spacial score (nSPS) is 30.6. The molecule has 0 bridgehead atoms. The highest BCUT2D eigenvalue weighted by Crippen LogP contribution is 2.34. The maximum absolute atomic E-state index is 11.5. The van der Waals surface area contributed by atoms with Crippen LogP contribution in [-0.2, 0) is 14.3 Å². The van der Waals surface area contributed by atoms with Crippen molar-refractivity contribution in [2.24, 2.45) is 17.8 Å². The highest BCUT2D eigenvalue weighted by molar-refractivity contribution is 5.82. The Balaban J connectivity index is 2.97. The molecule has 1 N–H and O–H groups in total. The smallest absolute Gasteiger partial charge is 0.309 e. The predicted molar refractivity (Wildman–Crippen MR) is 54.2 cm³/mol. The number of ether oxygens (including phenoxy) is 1. The van der Waals surface area contributed by atoms with Crippen molar-refractivity contribution in [3.8, 4) is 0 Å². The molecule has 0 unspecified atom stereocenters. The fraction of sp³-hybridized carbons (Fsp3) is 0.636. The van der Waals surface area contributed by atoms with Crippen molar-refractivity contribution in [2.45, 2.75) is 20.3 Å². The van der Waals surface area contributed by atoms with E-state index in [1.807, 2.05) is 19.9 Å². The van der Waals surface area contributed by atoms with Crippen molar-refractivity contribution in [3.05, 3.63) is 11.6 Å². The van der Waals surface area contributed by atoms with Crippen molar-refractivity contribution >= 4 is 11.9 Å². The van der Waals surface area contributed by atoms with Crippen molar-refractivity contribution in [3.63, 3.8) is 0 Å². The van der Waals surface area contributed by atoms with Gasteiger partial charge in [0.05, 0.1) is 18.9 Å². The first-order valence-electron chi connectivity index (χ1n) is 4.95. The lowest BCUT2D eigenvalue weighted by Gasteiger charge is -2.30. The minimum atomic E-state index is -0.929. The molecule has 1 aliphatic rings. The van der Waals surface area contributed by atoms with Crippen LogP contribution in [0.4, 0.5) is 0 Å². The first-order chi connectivity index (χ1) is 6.97. The van der Waals surface area contributed by atoms with E-state index in [-0.39, 0.29) is 5.92 Å². The fourth-order valence-electron chi connectivity index (χ4n) is 2.24. The molecule has 1 aliphatic carbocycles. The second-order valence-electron chi connectivity index (χ2n) is 4.07. The number of carboxylic acids is 1. The largest absolute Gasteiger partial charge is 0.481 e. The number of carboxylic acid groups (broad SMARTS) is 1. The number of allylic oxidation sites excluding steroid dienone is 2. The first kappa shape index (κ1) is 11.8. The summed E-state index contributed by atoms with van der Waals surface area (Å²) in [4.78, 5) is 22.5. The van der Waals surface area contributed by atoms with Crippen molar-refractivity contribution < 1.29 is 19.4 Å². The van der Waals surface area contributed by atoms with Crippen LogP contribution in [0, 0.1) is 17.8 Å². The Kier molecular flexibility index (Phi) is 3.50. The molecule has 0 heterocycles. The Morgan fingerprint density at radius 3 is 2.60 bits per heavy atom. The molecular weight excluding hydrogens is 196 g/mol. The van der Waals surface area contributed by atoms with Crippen LogP contribution in [0.5, 0.6) is 0 Å². The second kappa shape index (κ2) is 4.47. The van der Waals surface area contributed by atoms with Crippen LogP contribution < -0.4 is 0 Å². The standard InChI is InChI=1S/C11H16O4/c1-6-4-7(2)9(10(12)13)8(5-6)11(14)15-3/h4,7-9H,5H2,1-3H3,(H,12,13)/t7-,8+,9+/m0/s1. The molecular formula is C11H16O4. The van der Waals surface area contributed by atoms with Crippen LogP contribution >= 0.6 is 0 Å². The van der Waals surface area contributed by atoms with E-state index >= 15 is 0 Å². The summed E-state index contributed by atoms with van der Waals surface area (Å²) in [7, 11) is 1.29. The van der Waals surface area contributed by atoms with Crippen LogP contribution in [0.25, 0.3) is 0 Å². The van der Waals surface area contributed by atoms with Crippen LogP contribution in [0.2, 0.25) is 0 Å². The average molecular weight is 212 g/mol. The van der Waals surface area contributed by atoms with Gasteiger partial charge < -0.3 is 9.84 Å². The third-order valence-corrected chi connectivity index (χ3v) is 2.88. The predicted octanol–water partition coefficient (Wildman–Crippen LogP) is 1.46. The molecule has 0 aromatic heterocycles. The van der Waals surface area contributed by atoms with Gasteiger partial charge in [0.25, 0.3) is 0 Å². The summed E-state index contributed by atoms with van der Waals surface area (Å²) >= 11 is 0. The molecule has 4 heteroatoms. The number of carbonyl (C=O) groups excluding carboxylic acids is 1. The molecule has 0 aromatic carbocycles. The molecule has 0 fully saturated rings. The van der Waals surface area contributed by atoms with E-state index in [1.54, 1.807) is 0 Å². The quantitative estimate of drug-likeness (QED) is 0.556. The Bertz CT molecular complexity index is 306. The average Bonchev–Trinajstić information content (AvgIpc) is 2.14. The lowest BCUT2D eigenvalue weighted by Crippen LogP contribution is -2.37. The number of esters is 1. The Labute approximate surface area is 88.9 Å². The number of carbonyl (C=O) groups is 2. The van der Waals surface area contributed by atoms with E-state index in [4.69, 9.17) is 5.11 Å². The van der Waals surface area contributed by atoms with Crippen LogP contribution in [0.1, 0.15) is 20.3 Å². The number of methoxy groups -OCH3 is 1. The molecule has 4 nitrogen and oxygen atoms in total. The maximum Gasteiger partial charge on any atom is 0.309 e. The molecule has 84 valence electrons. The van der Waals surface area contributed by atoms with Gasteiger partial charge in [0.2, 0.25) is 0 Å². The molecule has 0 amide bonds. The topological polar surface area (TPSA) is 63.6 Å². The number of hydrogen-bond acceptors (Lipinski definition) is 3. The molecule has 0 saturated heterocycles. The Morgan fingerprint density at radius 1 is 1.53 bits per heavy atom. The first-order valence-corrected chi connectivity index (χ1v) is 4.95. The van der Waals surface area contributed by atoms with Gasteiger partial charge in [0.1, 0.15) is 0 Å². The summed E-state index contributed by atoms with van der Waals surface area (Å²) in [6.45, 7) is 3.72. The molecule has 0 saturated carbocycles. The summed E-state index contributed by atoms with van der Waals surface area (Å²) in [5.74, 6) is -2.70. The van der Waals surface area contributed by atoms with Gasteiger partial charge in [-0.05, 0) is 19.3 Å². The summed E-state index contributed by atoms with van der Waals surface area (Å²) < 4.78 is 4.64.